The van der Waals surface area contributed by atoms with Gasteiger partial charge in [-0.3, -0.25) is 9.59 Å². The second kappa shape index (κ2) is 7.36. The van der Waals surface area contributed by atoms with Crippen LogP contribution in [0.4, 0.5) is 5.69 Å². The van der Waals surface area contributed by atoms with E-state index in [9.17, 15) is 9.59 Å². The lowest BCUT2D eigenvalue weighted by Gasteiger charge is -2.04. The van der Waals surface area contributed by atoms with Crippen LogP contribution in [0.2, 0.25) is 0 Å². The number of primary amides is 1. The van der Waals surface area contributed by atoms with Crippen molar-refractivity contribution in [1.82, 2.24) is 4.98 Å². The third-order valence-electron chi connectivity index (χ3n) is 3.59. The number of anilines is 1. The molecule has 26 heavy (non-hydrogen) atoms. The highest BCUT2D eigenvalue weighted by Crippen LogP contribution is 2.14. The van der Waals surface area contributed by atoms with Gasteiger partial charge >= 0.3 is 0 Å². The second-order valence-corrected chi connectivity index (χ2v) is 5.48. The molecule has 2 heterocycles. The van der Waals surface area contributed by atoms with E-state index in [0.717, 1.165) is 5.56 Å². The fourth-order valence-corrected chi connectivity index (χ4v) is 2.30. The van der Waals surface area contributed by atoms with Gasteiger partial charge in [-0.2, -0.15) is 0 Å². The molecule has 6 nitrogen and oxygen atoms in total. The van der Waals surface area contributed by atoms with Crippen molar-refractivity contribution in [1.29, 1.82) is 0 Å². The Morgan fingerprint density at radius 2 is 2.00 bits per heavy atom. The van der Waals surface area contributed by atoms with Crippen molar-refractivity contribution in [3.05, 3.63) is 83.1 Å². The van der Waals surface area contributed by atoms with Crippen molar-refractivity contribution >= 4 is 17.5 Å². The van der Waals surface area contributed by atoms with E-state index in [2.05, 4.69) is 22.1 Å². The molecule has 0 atom stereocenters. The molecule has 2 aromatic heterocycles. The highest BCUT2D eigenvalue weighted by molar-refractivity contribution is 6.03. The number of hydrogen-bond acceptors (Lipinski definition) is 4. The molecule has 3 aromatic rings. The Morgan fingerprint density at radius 3 is 2.73 bits per heavy atom. The van der Waals surface area contributed by atoms with Crippen molar-refractivity contribution in [2.45, 2.75) is 6.92 Å². The average molecular weight is 345 g/mol. The predicted octanol–water partition coefficient (Wildman–Crippen LogP) is 2.73. The SMILES string of the molecule is Cc1ccoc1C(=O)Nc1cccc(C#Cc2ncccc2C(N)=O)c1. The number of nitrogens with zero attached hydrogens (tertiary/aromatic N) is 1. The first-order chi connectivity index (χ1) is 12.5. The summed E-state index contributed by atoms with van der Waals surface area (Å²) in [6.45, 7) is 1.80. The molecule has 0 aliphatic heterocycles. The van der Waals surface area contributed by atoms with Crippen LogP contribution in [0.5, 0.6) is 0 Å². The smallest absolute Gasteiger partial charge is 0.291 e. The van der Waals surface area contributed by atoms with Crippen LogP contribution in [-0.2, 0) is 0 Å². The summed E-state index contributed by atoms with van der Waals surface area (Å²) in [6.07, 6.45) is 3.01. The second-order valence-electron chi connectivity index (χ2n) is 5.48. The number of aromatic nitrogens is 1. The predicted molar refractivity (Wildman–Crippen MR) is 96.6 cm³/mol. The first kappa shape index (κ1) is 17.0. The molecule has 0 aliphatic carbocycles. The van der Waals surface area contributed by atoms with Gasteiger partial charge in [0.05, 0.1) is 11.8 Å². The van der Waals surface area contributed by atoms with E-state index in [4.69, 9.17) is 10.2 Å². The molecule has 3 N–H and O–H groups in total. The van der Waals surface area contributed by atoms with Gasteiger partial charge in [0.2, 0.25) is 0 Å². The van der Waals surface area contributed by atoms with Gasteiger partial charge in [-0.1, -0.05) is 12.0 Å². The normalized spacial score (nSPS) is 9.88. The van der Waals surface area contributed by atoms with Crippen LogP contribution in [0.25, 0.3) is 0 Å². The Balaban J connectivity index is 1.82. The van der Waals surface area contributed by atoms with Crippen molar-refractivity contribution in [2.75, 3.05) is 5.32 Å². The lowest BCUT2D eigenvalue weighted by Crippen LogP contribution is -2.13. The molecule has 0 saturated heterocycles. The van der Waals surface area contributed by atoms with Crippen LogP contribution < -0.4 is 11.1 Å². The number of hydrogen-bond donors (Lipinski definition) is 2. The zero-order valence-electron chi connectivity index (χ0n) is 13.9. The lowest BCUT2D eigenvalue weighted by atomic mass is 10.1. The van der Waals surface area contributed by atoms with E-state index >= 15 is 0 Å². The third kappa shape index (κ3) is 3.79. The molecule has 0 spiro atoms. The number of carbonyl (C=O) groups excluding carboxylic acids is 2. The van der Waals surface area contributed by atoms with Crippen molar-refractivity contribution in [3.63, 3.8) is 0 Å². The Morgan fingerprint density at radius 1 is 1.15 bits per heavy atom. The molecule has 2 amide bonds. The van der Waals surface area contributed by atoms with Crippen molar-refractivity contribution in [3.8, 4) is 11.8 Å². The van der Waals surface area contributed by atoms with E-state index in [0.29, 0.717) is 16.9 Å². The molecule has 128 valence electrons. The first-order valence-corrected chi connectivity index (χ1v) is 7.77. The van der Waals surface area contributed by atoms with Crippen molar-refractivity contribution < 1.29 is 14.0 Å². The van der Waals surface area contributed by atoms with Gasteiger partial charge in [-0.15, -0.1) is 0 Å². The zero-order valence-corrected chi connectivity index (χ0v) is 13.9. The van der Waals surface area contributed by atoms with E-state index in [1.807, 2.05) is 0 Å². The topological polar surface area (TPSA) is 98.2 Å². The minimum Gasteiger partial charge on any atom is -0.459 e. The maximum atomic E-state index is 12.2. The minimum absolute atomic E-state index is 0.262. The van der Waals surface area contributed by atoms with E-state index in [1.54, 1.807) is 55.6 Å². The Bertz CT molecular complexity index is 1040. The first-order valence-electron chi connectivity index (χ1n) is 7.77. The molecule has 0 saturated carbocycles. The number of nitrogens with one attached hydrogen (secondary N) is 1. The summed E-state index contributed by atoms with van der Waals surface area (Å²) in [5, 5.41) is 2.76. The maximum absolute atomic E-state index is 12.2. The molecule has 6 heteroatoms. The zero-order chi connectivity index (χ0) is 18.5. The molecule has 0 bridgehead atoms. The summed E-state index contributed by atoms with van der Waals surface area (Å²) in [4.78, 5) is 27.7. The number of nitrogens with two attached hydrogens (primary N) is 1. The standard InChI is InChI=1S/C20H15N3O3/c1-13-9-11-26-18(13)20(25)23-15-5-2-4-14(12-15)7-8-17-16(19(21)24)6-3-10-22-17/h2-6,9-12H,1H3,(H2,21,24)(H,23,25). The summed E-state index contributed by atoms with van der Waals surface area (Å²) in [7, 11) is 0. The quantitative estimate of drug-likeness (QED) is 0.713. The number of carbonyl (C=O) groups is 2. The molecule has 1 aromatic carbocycles. The summed E-state index contributed by atoms with van der Waals surface area (Å²) >= 11 is 0. The number of pyridine rings is 1. The summed E-state index contributed by atoms with van der Waals surface area (Å²) in [6, 6.07) is 11.9. The van der Waals surface area contributed by atoms with Crippen LogP contribution in [-0.4, -0.2) is 16.8 Å². The van der Waals surface area contributed by atoms with Gasteiger partial charge in [-0.05, 0) is 49.2 Å². The van der Waals surface area contributed by atoms with Gasteiger partial charge in [0.15, 0.2) is 5.76 Å². The highest BCUT2D eigenvalue weighted by Gasteiger charge is 2.12. The molecule has 0 fully saturated rings. The van der Waals surface area contributed by atoms with Crippen LogP contribution in [0, 0.1) is 18.8 Å². The molecule has 0 aliphatic rings. The number of amides is 2. The number of furan rings is 1. The molecule has 0 unspecified atom stereocenters. The summed E-state index contributed by atoms with van der Waals surface area (Å²) < 4.78 is 5.18. The van der Waals surface area contributed by atoms with Crippen LogP contribution in [0.15, 0.2) is 59.3 Å². The molecule has 0 radical (unpaired) electrons. The Kier molecular flexibility index (Phi) is 4.81. The largest absolute Gasteiger partial charge is 0.459 e. The third-order valence-corrected chi connectivity index (χ3v) is 3.59. The number of benzene rings is 1. The van der Waals surface area contributed by atoms with Gasteiger partial charge < -0.3 is 15.5 Å². The van der Waals surface area contributed by atoms with Gasteiger partial charge in [0.25, 0.3) is 11.8 Å². The fourth-order valence-electron chi connectivity index (χ4n) is 2.30. The van der Waals surface area contributed by atoms with E-state index in [-0.39, 0.29) is 17.2 Å². The molecular weight excluding hydrogens is 330 g/mol. The van der Waals surface area contributed by atoms with Crippen LogP contribution >= 0.6 is 0 Å². The maximum Gasteiger partial charge on any atom is 0.291 e. The summed E-state index contributed by atoms with van der Waals surface area (Å²) in [5.41, 5.74) is 7.87. The lowest BCUT2D eigenvalue weighted by molar-refractivity contribution is 0.0989. The highest BCUT2D eigenvalue weighted by atomic mass is 16.3. The van der Waals surface area contributed by atoms with E-state index in [1.165, 1.54) is 6.26 Å². The molecular formula is C20H15N3O3. The van der Waals surface area contributed by atoms with Gasteiger partial charge in [0.1, 0.15) is 5.69 Å². The fraction of sp³-hybridized carbons (Fsp3) is 0.0500. The minimum atomic E-state index is -0.586. The molecule has 3 rings (SSSR count). The van der Waals surface area contributed by atoms with Crippen LogP contribution in [0.1, 0.15) is 37.7 Å². The van der Waals surface area contributed by atoms with Crippen LogP contribution in [0.3, 0.4) is 0 Å². The number of rotatable bonds is 3. The summed E-state index contributed by atoms with van der Waals surface area (Å²) in [5.74, 6) is 5.10. The number of aryl methyl sites for hydroxylation is 1. The Labute approximate surface area is 150 Å². The monoisotopic (exact) mass is 345 g/mol. The van der Waals surface area contributed by atoms with Gasteiger partial charge in [-0.25, -0.2) is 4.98 Å². The van der Waals surface area contributed by atoms with Crippen molar-refractivity contribution in [2.24, 2.45) is 5.73 Å². The Hall–Kier alpha value is -3.85. The van der Waals surface area contributed by atoms with E-state index < -0.39 is 5.91 Å². The van der Waals surface area contributed by atoms with Gasteiger partial charge in [0, 0.05) is 23.0 Å². The average Bonchev–Trinajstić information content (AvgIpc) is 3.06.